The predicted molar refractivity (Wildman–Crippen MR) is 69.6 cm³/mol. The molecule has 0 atom stereocenters. The Labute approximate surface area is 101 Å². The molecule has 2 heteroatoms. The minimum Gasteiger partial charge on any atom is -0.349 e. The van der Waals surface area contributed by atoms with Crippen molar-refractivity contribution in [2.24, 2.45) is 0 Å². The van der Waals surface area contributed by atoms with Gasteiger partial charge in [-0.3, -0.25) is 0 Å². The lowest BCUT2D eigenvalue weighted by atomic mass is 10.3. The zero-order valence-electron chi connectivity index (χ0n) is 11.2. The second-order valence-electron chi connectivity index (χ2n) is 4.03. The third-order valence-electron chi connectivity index (χ3n) is 2.31. The number of ether oxygens (including phenoxy) is 2. The molecule has 0 aliphatic carbocycles. The summed E-state index contributed by atoms with van der Waals surface area (Å²) < 4.78 is 11.3. The molecule has 0 heterocycles. The number of rotatable bonds is 11. The van der Waals surface area contributed by atoms with E-state index in [-0.39, 0.29) is 6.29 Å². The van der Waals surface area contributed by atoms with Crippen LogP contribution in [0.3, 0.4) is 0 Å². The largest absolute Gasteiger partial charge is 0.349 e. The molecule has 0 amide bonds. The molecule has 0 saturated heterocycles. The molecule has 0 bridgehead atoms. The third kappa shape index (κ3) is 10.2. The summed E-state index contributed by atoms with van der Waals surface area (Å²) >= 11 is 0. The molecular weight excluding hydrogens is 200 g/mol. The van der Waals surface area contributed by atoms with Crippen LogP contribution in [-0.4, -0.2) is 19.5 Å². The second kappa shape index (κ2) is 12.7. The molecule has 0 aromatic carbocycles. The molecule has 0 aliphatic heterocycles. The summed E-state index contributed by atoms with van der Waals surface area (Å²) in [5, 5.41) is 0. The van der Waals surface area contributed by atoms with Crippen molar-refractivity contribution in [3.05, 3.63) is 12.2 Å². The fraction of sp³-hybridized carbons (Fsp3) is 0.857. The van der Waals surface area contributed by atoms with E-state index in [0.29, 0.717) is 0 Å². The monoisotopic (exact) mass is 228 g/mol. The van der Waals surface area contributed by atoms with Crippen molar-refractivity contribution in [2.45, 2.75) is 65.6 Å². The van der Waals surface area contributed by atoms with Gasteiger partial charge in [-0.05, 0) is 25.3 Å². The van der Waals surface area contributed by atoms with E-state index in [1.807, 2.05) is 0 Å². The van der Waals surface area contributed by atoms with Gasteiger partial charge in [0.15, 0.2) is 6.29 Å². The maximum atomic E-state index is 5.67. The first kappa shape index (κ1) is 15.7. The van der Waals surface area contributed by atoms with E-state index in [9.17, 15) is 0 Å². The molecule has 0 saturated carbocycles. The first-order chi connectivity index (χ1) is 7.85. The summed E-state index contributed by atoms with van der Waals surface area (Å²) in [5.41, 5.74) is 0. The Bertz CT molecular complexity index is 145. The van der Waals surface area contributed by atoms with Gasteiger partial charge in [0, 0.05) is 0 Å². The van der Waals surface area contributed by atoms with Gasteiger partial charge in [0.1, 0.15) is 0 Å². The second-order valence-corrected chi connectivity index (χ2v) is 4.03. The molecule has 0 aromatic rings. The molecular formula is C14H28O2. The minimum atomic E-state index is -0.135. The normalized spacial score (nSPS) is 11.8. The molecule has 96 valence electrons. The van der Waals surface area contributed by atoms with E-state index in [0.717, 1.165) is 32.5 Å². The zero-order valence-corrected chi connectivity index (χ0v) is 11.2. The zero-order chi connectivity index (χ0) is 12.1. The van der Waals surface area contributed by atoms with Gasteiger partial charge in [-0.15, -0.1) is 0 Å². The fourth-order valence-electron chi connectivity index (χ4n) is 1.22. The molecule has 2 nitrogen and oxygen atoms in total. The van der Waals surface area contributed by atoms with Gasteiger partial charge in [-0.2, -0.15) is 0 Å². The van der Waals surface area contributed by atoms with Gasteiger partial charge in [-0.1, -0.05) is 46.1 Å². The van der Waals surface area contributed by atoms with E-state index in [4.69, 9.17) is 9.47 Å². The van der Waals surface area contributed by atoms with Crippen molar-refractivity contribution in [3.8, 4) is 0 Å². The third-order valence-corrected chi connectivity index (χ3v) is 2.31. The van der Waals surface area contributed by atoms with Crippen molar-refractivity contribution in [3.63, 3.8) is 0 Å². The number of unbranched alkanes of at least 4 members (excludes halogenated alkanes) is 3. The van der Waals surface area contributed by atoms with Crippen molar-refractivity contribution >= 4 is 0 Å². The number of hydrogen-bond acceptors (Lipinski definition) is 2. The van der Waals surface area contributed by atoms with Crippen LogP contribution in [0.1, 0.15) is 59.3 Å². The fourth-order valence-corrected chi connectivity index (χ4v) is 1.22. The predicted octanol–water partition coefficient (Wildman–Crippen LogP) is 4.30. The Kier molecular flexibility index (Phi) is 12.5. The van der Waals surface area contributed by atoms with Crippen LogP contribution < -0.4 is 0 Å². The molecule has 16 heavy (non-hydrogen) atoms. The van der Waals surface area contributed by atoms with E-state index >= 15 is 0 Å². The van der Waals surface area contributed by atoms with Gasteiger partial charge in [0.2, 0.25) is 0 Å². The highest BCUT2D eigenvalue weighted by atomic mass is 16.7. The summed E-state index contributed by atoms with van der Waals surface area (Å²) in [5.74, 6) is 0. The van der Waals surface area contributed by atoms with Crippen molar-refractivity contribution in [1.29, 1.82) is 0 Å². The first-order valence-corrected chi connectivity index (χ1v) is 6.74. The van der Waals surface area contributed by atoms with Crippen LogP contribution in [0.5, 0.6) is 0 Å². The van der Waals surface area contributed by atoms with E-state index in [2.05, 4.69) is 32.9 Å². The smallest absolute Gasteiger partial charge is 0.176 e. The Morgan fingerprint density at radius 3 is 1.88 bits per heavy atom. The maximum Gasteiger partial charge on any atom is 0.176 e. The highest BCUT2D eigenvalue weighted by Gasteiger charge is 2.03. The molecule has 0 N–H and O–H groups in total. The van der Waals surface area contributed by atoms with Crippen LogP contribution >= 0.6 is 0 Å². The van der Waals surface area contributed by atoms with Crippen LogP contribution in [0.4, 0.5) is 0 Å². The van der Waals surface area contributed by atoms with E-state index in [1.165, 1.54) is 19.3 Å². The quantitative estimate of drug-likeness (QED) is 0.298. The van der Waals surface area contributed by atoms with Gasteiger partial charge in [0.25, 0.3) is 0 Å². The van der Waals surface area contributed by atoms with E-state index in [1.54, 1.807) is 0 Å². The average Bonchev–Trinajstić information content (AvgIpc) is 2.29. The van der Waals surface area contributed by atoms with E-state index < -0.39 is 0 Å². The lowest BCUT2D eigenvalue weighted by Gasteiger charge is -2.14. The first-order valence-electron chi connectivity index (χ1n) is 6.74. The lowest BCUT2D eigenvalue weighted by Crippen LogP contribution is -2.16. The van der Waals surface area contributed by atoms with Gasteiger partial charge >= 0.3 is 0 Å². The Morgan fingerprint density at radius 1 is 0.875 bits per heavy atom. The highest BCUT2D eigenvalue weighted by Crippen LogP contribution is 2.03. The summed E-state index contributed by atoms with van der Waals surface area (Å²) in [6, 6.07) is 0. The number of allylic oxidation sites excluding steroid dienone is 1. The van der Waals surface area contributed by atoms with Gasteiger partial charge in [-0.25, -0.2) is 0 Å². The maximum absolute atomic E-state index is 5.67. The molecule has 0 rings (SSSR count). The number of hydrogen-bond donors (Lipinski definition) is 0. The standard InChI is InChI=1S/C14H28O2/c1-4-7-10-11-14(15-12-8-5-2)16-13-9-6-3/h10-11,14H,4-9,12-13H2,1-3H3/b11-10+. The Hall–Kier alpha value is -0.340. The van der Waals surface area contributed by atoms with Crippen LogP contribution in [0.25, 0.3) is 0 Å². The highest BCUT2D eigenvalue weighted by molar-refractivity contribution is 4.84. The average molecular weight is 228 g/mol. The van der Waals surface area contributed by atoms with Gasteiger partial charge in [0.05, 0.1) is 13.2 Å². The molecule has 0 fully saturated rings. The Balaban J connectivity index is 3.75. The molecule has 0 aromatic heterocycles. The SMILES string of the molecule is CCC/C=C/C(OCCCC)OCCCC. The van der Waals surface area contributed by atoms with Crippen molar-refractivity contribution < 1.29 is 9.47 Å². The summed E-state index contributed by atoms with van der Waals surface area (Å²) in [4.78, 5) is 0. The minimum absolute atomic E-state index is 0.135. The lowest BCUT2D eigenvalue weighted by molar-refractivity contribution is -0.112. The topological polar surface area (TPSA) is 18.5 Å². The van der Waals surface area contributed by atoms with Crippen LogP contribution in [-0.2, 0) is 9.47 Å². The summed E-state index contributed by atoms with van der Waals surface area (Å²) in [6.07, 6.45) is 10.9. The molecule has 0 aliphatic rings. The van der Waals surface area contributed by atoms with Crippen LogP contribution in [0.2, 0.25) is 0 Å². The Morgan fingerprint density at radius 2 is 1.44 bits per heavy atom. The van der Waals surface area contributed by atoms with Crippen LogP contribution in [0.15, 0.2) is 12.2 Å². The molecule has 0 unspecified atom stereocenters. The van der Waals surface area contributed by atoms with Gasteiger partial charge < -0.3 is 9.47 Å². The van der Waals surface area contributed by atoms with Crippen molar-refractivity contribution in [2.75, 3.05) is 13.2 Å². The molecule has 0 spiro atoms. The summed E-state index contributed by atoms with van der Waals surface area (Å²) in [7, 11) is 0. The molecule has 0 radical (unpaired) electrons. The summed E-state index contributed by atoms with van der Waals surface area (Å²) in [6.45, 7) is 8.11. The van der Waals surface area contributed by atoms with Crippen molar-refractivity contribution in [1.82, 2.24) is 0 Å². The van der Waals surface area contributed by atoms with Crippen LogP contribution in [0, 0.1) is 0 Å².